The Labute approximate surface area is 156 Å². The summed E-state index contributed by atoms with van der Waals surface area (Å²) < 4.78 is 28.5. The third-order valence-corrected chi connectivity index (χ3v) is 5.94. The number of sulfone groups is 1. The van der Waals surface area contributed by atoms with E-state index < -0.39 is 9.84 Å². The highest BCUT2D eigenvalue weighted by atomic mass is 32.2. The minimum atomic E-state index is -3.18. The molecule has 1 amide bonds. The van der Waals surface area contributed by atoms with Crippen LogP contribution in [0.25, 0.3) is 0 Å². The molecular formula is C19H30N2O4S. The van der Waals surface area contributed by atoms with E-state index in [4.69, 9.17) is 4.74 Å². The van der Waals surface area contributed by atoms with Crippen LogP contribution in [0.2, 0.25) is 0 Å². The van der Waals surface area contributed by atoms with E-state index in [1.165, 1.54) is 19.1 Å². The summed E-state index contributed by atoms with van der Waals surface area (Å²) in [5.41, 5.74) is 0. The molecule has 1 heterocycles. The van der Waals surface area contributed by atoms with Gasteiger partial charge in [0.05, 0.1) is 11.5 Å². The first-order valence-corrected chi connectivity index (χ1v) is 11.1. The normalized spacial score (nSPS) is 15.6. The van der Waals surface area contributed by atoms with E-state index in [0.29, 0.717) is 31.2 Å². The van der Waals surface area contributed by atoms with Gasteiger partial charge in [0.25, 0.3) is 0 Å². The van der Waals surface area contributed by atoms with Crippen molar-refractivity contribution in [2.45, 2.75) is 37.0 Å². The predicted molar refractivity (Wildman–Crippen MR) is 102 cm³/mol. The number of carbonyl (C=O) groups excluding carboxylic acids is 1. The number of hydrogen-bond donors (Lipinski definition) is 1. The zero-order valence-electron chi connectivity index (χ0n) is 15.7. The summed E-state index contributed by atoms with van der Waals surface area (Å²) >= 11 is 0. The molecule has 0 unspecified atom stereocenters. The van der Waals surface area contributed by atoms with Crippen LogP contribution < -0.4 is 10.1 Å². The van der Waals surface area contributed by atoms with Gasteiger partial charge in [0.2, 0.25) is 5.91 Å². The van der Waals surface area contributed by atoms with Crippen molar-refractivity contribution in [1.82, 2.24) is 10.2 Å². The fraction of sp³-hybridized carbons (Fsp3) is 0.632. The number of benzene rings is 1. The molecule has 2 rings (SSSR count). The molecule has 6 nitrogen and oxygen atoms in total. The first kappa shape index (κ1) is 20.7. The molecule has 1 fully saturated rings. The van der Waals surface area contributed by atoms with Crippen molar-refractivity contribution in [2.75, 3.05) is 39.5 Å². The van der Waals surface area contributed by atoms with E-state index in [-0.39, 0.29) is 10.8 Å². The van der Waals surface area contributed by atoms with Crippen LogP contribution in [0, 0.1) is 5.92 Å². The molecular weight excluding hydrogens is 352 g/mol. The van der Waals surface area contributed by atoms with Gasteiger partial charge < -0.3 is 15.0 Å². The summed E-state index contributed by atoms with van der Waals surface area (Å²) in [6, 6.07) is 6.40. The van der Waals surface area contributed by atoms with Gasteiger partial charge in [-0.3, -0.25) is 4.79 Å². The third-order valence-electron chi connectivity index (χ3n) is 4.81. The number of nitrogens with zero attached hydrogens (tertiary/aromatic N) is 1. The van der Waals surface area contributed by atoms with Gasteiger partial charge in [-0.15, -0.1) is 0 Å². The van der Waals surface area contributed by atoms with Crippen LogP contribution in [0.15, 0.2) is 29.2 Å². The Morgan fingerprint density at radius 2 is 1.88 bits per heavy atom. The SMILES string of the molecule is CN(CCCOc1ccc(S(C)(=O)=O)cc1)C(=O)CCC1CCNCC1. The highest BCUT2D eigenvalue weighted by Gasteiger charge is 2.16. The Morgan fingerprint density at radius 3 is 2.50 bits per heavy atom. The van der Waals surface area contributed by atoms with E-state index in [0.717, 1.165) is 25.9 Å². The quantitative estimate of drug-likeness (QED) is 0.662. The van der Waals surface area contributed by atoms with Crippen LogP contribution in [0.4, 0.5) is 0 Å². The van der Waals surface area contributed by atoms with Gasteiger partial charge in [-0.1, -0.05) is 0 Å². The van der Waals surface area contributed by atoms with E-state index >= 15 is 0 Å². The van der Waals surface area contributed by atoms with E-state index in [9.17, 15) is 13.2 Å². The lowest BCUT2D eigenvalue weighted by Crippen LogP contribution is -2.31. The number of carbonyl (C=O) groups is 1. The molecule has 0 bridgehead atoms. The standard InChI is InChI=1S/C19H30N2O4S/c1-21(19(22)9-4-16-10-12-20-13-11-16)14-3-15-25-17-5-7-18(8-6-17)26(2,23)24/h5-8,16,20H,3-4,9-15H2,1-2H3. The molecule has 0 radical (unpaired) electrons. The largest absolute Gasteiger partial charge is 0.494 e. The van der Waals surface area contributed by atoms with Gasteiger partial charge in [0, 0.05) is 26.3 Å². The summed E-state index contributed by atoms with van der Waals surface area (Å²) in [4.78, 5) is 14.3. The highest BCUT2D eigenvalue weighted by molar-refractivity contribution is 7.90. The summed E-state index contributed by atoms with van der Waals surface area (Å²) in [7, 11) is -1.34. The smallest absolute Gasteiger partial charge is 0.222 e. The second kappa shape index (κ2) is 9.92. The molecule has 0 aliphatic carbocycles. The van der Waals surface area contributed by atoms with Gasteiger partial charge in [-0.25, -0.2) is 8.42 Å². The Hall–Kier alpha value is -1.60. The molecule has 1 aromatic rings. The van der Waals surface area contributed by atoms with Crippen molar-refractivity contribution < 1.29 is 17.9 Å². The van der Waals surface area contributed by atoms with E-state index in [2.05, 4.69) is 5.32 Å². The molecule has 0 atom stereocenters. The number of hydrogen-bond acceptors (Lipinski definition) is 5. The maximum absolute atomic E-state index is 12.2. The topological polar surface area (TPSA) is 75.7 Å². The molecule has 0 spiro atoms. The zero-order chi connectivity index (χ0) is 19.0. The average molecular weight is 383 g/mol. The Balaban J connectivity index is 1.63. The first-order chi connectivity index (χ1) is 12.4. The Bertz CT molecular complexity index is 667. The third kappa shape index (κ3) is 6.96. The fourth-order valence-corrected chi connectivity index (χ4v) is 3.72. The van der Waals surface area contributed by atoms with Crippen molar-refractivity contribution >= 4 is 15.7 Å². The van der Waals surface area contributed by atoms with Gasteiger partial charge in [0.15, 0.2) is 9.84 Å². The molecule has 1 aromatic carbocycles. The summed E-state index contributed by atoms with van der Waals surface area (Å²) in [6.07, 6.45) is 5.86. The van der Waals surface area contributed by atoms with Gasteiger partial charge in [-0.05, 0) is 69.0 Å². The monoisotopic (exact) mass is 382 g/mol. The minimum Gasteiger partial charge on any atom is -0.494 e. The number of rotatable bonds is 9. The predicted octanol–water partition coefficient (Wildman–Crippen LogP) is 2.10. The number of amides is 1. The molecule has 1 aliphatic heterocycles. The molecule has 1 aliphatic rings. The van der Waals surface area contributed by atoms with Crippen LogP contribution in [0.5, 0.6) is 5.75 Å². The van der Waals surface area contributed by atoms with Gasteiger partial charge in [-0.2, -0.15) is 0 Å². The number of nitrogens with one attached hydrogen (secondary N) is 1. The molecule has 0 saturated carbocycles. The van der Waals surface area contributed by atoms with Crippen molar-refractivity contribution in [3.8, 4) is 5.75 Å². The first-order valence-electron chi connectivity index (χ1n) is 9.24. The van der Waals surface area contributed by atoms with Crippen LogP contribution in [0.1, 0.15) is 32.1 Å². The van der Waals surface area contributed by atoms with Crippen molar-refractivity contribution in [1.29, 1.82) is 0 Å². The lowest BCUT2D eigenvalue weighted by atomic mass is 9.93. The van der Waals surface area contributed by atoms with Crippen LogP contribution >= 0.6 is 0 Å². The fourth-order valence-electron chi connectivity index (χ4n) is 3.09. The van der Waals surface area contributed by atoms with Crippen LogP contribution in [-0.4, -0.2) is 58.8 Å². The summed E-state index contributed by atoms with van der Waals surface area (Å²) in [6.45, 7) is 3.28. The molecule has 1 N–H and O–H groups in total. The lowest BCUT2D eigenvalue weighted by molar-refractivity contribution is -0.130. The summed E-state index contributed by atoms with van der Waals surface area (Å²) in [5.74, 6) is 1.50. The zero-order valence-corrected chi connectivity index (χ0v) is 16.6. The van der Waals surface area contributed by atoms with Crippen LogP contribution in [-0.2, 0) is 14.6 Å². The van der Waals surface area contributed by atoms with Gasteiger partial charge >= 0.3 is 0 Å². The maximum Gasteiger partial charge on any atom is 0.222 e. The van der Waals surface area contributed by atoms with Crippen molar-refractivity contribution in [3.05, 3.63) is 24.3 Å². The molecule has 1 saturated heterocycles. The highest BCUT2D eigenvalue weighted by Crippen LogP contribution is 2.18. The maximum atomic E-state index is 12.2. The van der Waals surface area contributed by atoms with Crippen LogP contribution in [0.3, 0.4) is 0 Å². The lowest BCUT2D eigenvalue weighted by Gasteiger charge is -2.23. The number of piperidine rings is 1. The Kier molecular flexibility index (Phi) is 7.90. The second-order valence-corrected chi connectivity index (χ2v) is 9.01. The van der Waals surface area contributed by atoms with Gasteiger partial charge in [0.1, 0.15) is 5.75 Å². The minimum absolute atomic E-state index is 0.195. The number of ether oxygens (including phenoxy) is 1. The molecule has 0 aromatic heterocycles. The van der Waals surface area contributed by atoms with Crippen molar-refractivity contribution in [3.63, 3.8) is 0 Å². The second-order valence-electron chi connectivity index (χ2n) is 6.99. The molecule has 146 valence electrons. The van der Waals surface area contributed by atoms with Crippen molar-refractivity contribution in [2.24, 2.45) is 5.92 Å². The molecule has 26 heavy (non-hydrogen) atoms. The summed E-state index contributed by atoms with van der Waals surface area (Å²) in [5, 5.41) is 3.34. The molecule has 7 heteroatoms. The van der Waals surface area contributed by atoms with E-state index in [1.807, 2.05) is 7.05 Å². The Morgan fingerprint density at radius 1 is 1.23 bits per heavy atom. The average Bonchev–Trinajstić information content (AvgIpc) is 2.63. The van der Waals surface area contributed by atoms with E-state index in [1.54, 1.807) is 29.2 Å².